The highest BCUT2D eigenvalue weighted by molar-refractivity contribution is 5.53. The van der Waals surface area contributed by atoms with Crippen molar-refractivity contribution in [2.75, 3.05) is 21.4 Å². The molecule has 40 heavy (non-hydrogen) atoms. The SMILES string of the molecule is CC1(C)CC(N)CC(C)(C)N1c1nc2nc(n1)N1C(C)(C)CC(CCN2N2C(C)(C)CCCC2(C)C)CC1(C)C. The van der Waals surface area contributed by atoms with Crippen molar-refractivity contribution < 1.29 is 0 Å². The molecule has 1 aromatic rings. The molecule has 0 aliphatic carbocycles. The van der Waals surface area contributed by atoms with Crippen LogP contribution < -0.4 is 20.5 Å². The Balaban J connectivity index is 1.76. The smallest absolute Gasteiger partial charge is 0.246 e. The molecule has 0 unspecified atom stereocenters. The first kappa shape index (κ1) is 29.8. The molecule has 4 bridgehead atoms. The molecule has 0 aromatic carbocycles. The van der Waals surface area contributed by atoms with Crippen LogP contribution in [-0.4, -0.2) is 65.8 Å². The van der Waals surface area contributed by atoms with Crippen molar-refractivity contribution >= 4 is 17.8 Å². The fraction of sp³-hybridized carbons (Fsp3) is 0.906. The molecule has 0 saturated carbocycles. The van der Waals surface area contributed by atoms with Crippen molar-refractivity contribution in [1.29, 1.82) is 0 Å². The molecule has 0 atom stereocenters. The lowest BCUT2D eigenvalue weighted by molar-refractivity contribution is -0.0406. The Morgan fingerprint density at radius 1 is 0.575 bits per heavy atom. The molecule has 0 radical (unpaired) electrons. The normalized spacial score (nSPS) is 29.5. The summed E-state index contributed by atoms with van der Waals surface area (Å²) < 4.78 is 0. The first-order valence-electron chi connectivity index (χ1n) is 15.9. The first-order valence-corrected chi connectivity index (χ1v) is 15.9. The molecule has 0 spiro atoms. The molecule has 5 aliphatic rings. The lowest BCUT2D eigenvalue weighted by Crippen LogP contribution is -2.67. The van der Waals surface area contributed by atoms with Gasteiger partial charge in [0.2, 0.25) is 17.8 Å². The van der Waals surface area contributed by atoms with Gasteiger partial charge in [-0.25, -0.2) is 5.01 Å². The quantitative estimate of drug-likeness (QED) is 0.456. The minimum atomic E-state index is -0.180. The Morgan fingerprint density at radius 2 is 0.975 bits per heavy atom. The van der Waals surface area contributed by atoms with Crippen LogP contribution in [0.3, 0.4) is 0 Å². The molecule has 3 fully saturated rings. The van der Waals surface area contributed by atoms with E-state index in [1.54, 1.807) is 0 Å². The molecule has 1 aromatic heterocycles. The van der Waals surface area contributed by atoms with E-state index < -0.39 is 0 Å². The lowest BCUT2D eigenvalue weighted by atomic mass is 9.72. The number of piperidine rings is 3. The fourth-order valence-electron chi connectivity index (χ4n) is 10.0. The maximum atomic E-state index is 6.60. The second kappa shape index (κ2) is 9.16. The third kappa shape index (κ3) is 4.99. The molecular formula is C32H58N8. The highest BCUT2D eigenvalue weighted by atomic mass is 15.7. The van der Waals surface area contributed by atoms with Gasteiger partial charge in [-0.2, -0.15) is 15.0 Å². The lowest BCUT2D eigenvalue weighted by Gasteiger charge is -2.59. The van der Waals surface area contributed by atoms with Crippen LogP contribution in [0.5, 0.6) is 0 Å². The van der Waals surface area contributed by atoms with Crippen LogP contribution in [0.1, 0.15) is 134 Å². The van der Waals surface area contributed by atoms with Gasteiger partial charge in [0.05, 0.1) is 0 Å². The Morgan fingerprint density at radius 3 is 1.43 bits per heavy atom. The highest BCUT2D eigenvalue weighted by Gasteiger charge is 2.52. The number of rotatable bonds is 2. The van der Waals surface area contributed by atoms with Gasteiger partial charge >= 0.3 is 0 Å². The van der Waals surface area contributed by atoms with Crippen LogP contribution >= 0.6 is 0 Å². The van der Waals surface area contributed by atoms with Gasteiger partial charge in [0, 0.05) is 45.8 Å². The van der Waals surface area contributed by atoms with E-state index in [9.17, 15) is 0 Å². The predicted octanol–water partition coefficient (Wildman–Crippen LogP) is 6.30. The monoisotopic (exact) mass is 554 g/mol. The Labute approximate surface area is 244 Å². The number of anilines is 3. The van der Waals surface area contributed by atoms with Gasteiger partial charge in [-0.3, -0.25) is 5.01 Å². The number of fused-ring (bicyclic) bond motifs is 4. The van der Waals surface area contributed by atoms with Crippen LogP contribution in [0.4, 0.5) is 17.8 Å². The Bertz CT molecular complexity index is 1070. The van der Waals surface area contributed by atoms with Crippen LogP contribution in [0.2, 0.25) is 0 Å². The second-order valence-corrected chi connectivity index (χ2v) is 17.3. The number of hydrazine groups is 1. The number of aromatic nitrogens is 3. The van der Waals surface area contributed by atoms with Crippen LogP contribution in [0, 0.1) is 5.92 Å². The summed E-state index contributed by atoms with van der Waals surface area (Å²) in [6.07, 6.45) is 8.80. The summed E-state index contributed by atoms with van der Waals surface area (Å²) >= 11 is 0. The molecule has 6 rings (SSSR count). The van der Waals surface area contributed by atoms with Crippen molar-refractivity contribution in [3.63, 3.8) is 0 Å². The van der Waals surface area contributed by atoms with E-state index in [0.717, 1.165) is 69.3 Å². The minimum absolute atomic E-state index is 0.00705. The molecule has 6 heterocycles. The summed E-state index contributed by atoms with van der Waals surface area (Å²) in [5.74, 6) is 3.04. The van der Waals surface area contributed by atoms with Crippen molar-refractivity contribution in [2.45, 2.75) is 174 Å². The zero-order valence-electron chi connectivity index (χ0n) is 27.7. The van der Waals surface area contributed by atoms with Gasteiger partial charge in [-0.05, 0) is 140 Å². The number of hydrogen-bond donors (Lipinski definition) is 1. The van der Waals surface area contributed by atoms with Crippen LogP contribution in [0.25, 0.3) is 0 Å². The van der Waals surface area contributed by atoms with Gasteiger partial charge in [0.15, 0.2) is 0 Å². The zero-order chi connectivity index (χ0) is 29.7. The number of hydrogen-bond acceptors (Lipinski definition) is 8. The summed E-state index contributed by atoms with van der Waals surface area (Å²) in [6, 6.07) is 0.163. The Hall–Kier alpha value is -1.67. The summed E-state index contributed by atoms with van der Waals surface area (Å²) in [4.78, 5) is 21.2. The van der Waals surface area contributed by atoms with E-state index in [4.69, 9.17) is 20.7 Å². The average molecular weight is 555 g/mol. The van der Waals surface area contributed by atoms with E-state index in [1.807, 2.05) is 0 Å². The molecule has 2 N–H and O–H groups in total. The highest BCUT2D eigenvalue weighted by Crippen LogP contribution is 2.48. The van der Waals surface area contributed by atoms with Crippen molar-refractivity contribution in [1.82, 2.24) is 20.0 Å². The zero-order valence-corrected chi connectivity index (χ0v) is 27.7. The third-order valence-electron chi connectivity index (χ3n) is 10.5. The third-order valence-corrected chi connectivity index (χ3v) is 10.5. The Kier molecular flexibility index (Phi) is 6.83. The van der Waals surface area contributed by atoms with Crippen LogP contribution in [-0.2, 0) is 0 Å². The summed E-state index contributed by atoms with van der Waals surface area (Å²) in [5.41, 5.74) is 6.15. The largest absolute Gasteiger partial charge is 0.330 e. The molecule has 8 nitrogen and oxygen atoms in total. The van der Waals surface area contributed by atoms with Gasteiger partial charge in [0.25, 0.3) is 0 Å². The fourth-order valence-corrected chi connectivity index (χ4v) is 10.0. The summed E-state index contributed by atoms with van der Waals surface area (Å²) in [5, 5.41) is 5.10. The van der Waals surface area contributed by atoms with E-state index >= 15 is 0 Å². The molecule has 226 valence electrons. The standard InChI is InChI=1S/C32H58N8/c1-27(2)15-13-16-28(3,4)40(27)37-17-14-22-18-29(5,6)38(30(7,8)19-22)25-34-24(37)35-26(36-25)39-31(9,10)20-23(33)21-32(39,11)12/h22-23H,13-21,33H2,1-12H3. The summed E-state index contributed by atoms with van der Waals surface area (Å²) in [6.45, 7) is 29.2. The topological polar surface area (TPSA) is 77.6 Å². The van der Waals surface area contributed by atoms with E-state index in [-0.39, 0.29) is 39.3 Å². The van der Waals surface area contributed by atoms with Gasteiger partial charge in [-0.1, -0.05) is 0 Å². The average Bonchev–Trinajstić information content (AvgIpc) is 2.70. The maximum Gasteiger partial charge on any atom is 0.246 e. The maximum absolute atomic E-state index is 6.60. The van der Waals surface area contributed by atoms with Crippen molar-refractivity contribution in [3.8, 4) is 0 Å². The summed E-state index contributed by atoms with van der Waals surface area (Å²) in [7, 11) is 0. The number of nitrogens with two attached hydrogens (primary N) is 1. The van der Waals surface area contributed by atoms with Crippen molar-refractivity contribution in [3.05, 3.63) is 0 Å². The predicted molar refractivity (Wildman–Crippen MR) is 167 cm³/mol. The van der Waals surface area contributed by atoms with E-state index in [1.165, 1.54) is 6.42 Å². The minimum Gasteiger partial charge on any atom is -0.330 e. The van der Waals surface area contributed by atoms with Crippen LogP contribution in [0.15, 0.2) is 0 Å². The van der Waals surface area contributed by atoms with E-state index in [2.05, 4.69) is 103 Å². The van der Waals surface area contributed by atoms with E-state index in [0.29, 0.717) is 5.92 Å². The van der Waals surface area contributed by atoms with Gasteiger partial charge in [0.1, 0.15) is 0 Å². The molecule has 5 aliphatic heterocycles. The van der Waals surface area contributed by atoms with Gasteiger partial charge in [-0.15, -0.1) is 0 Å². The second-order valence-electron chi connectivity index (χ2n) is 17.3. The molecule has 3 saturated heterocycles. The molecule has 8 heteroatoms. The number of nitrogens with zero attached hydrogens (tertiary/aromatic N) is 7. The van der Waals surface area contributed by atoms with Crippen molar-refractivity contribution in [2.24, 2.45) is 11.7 Å². The molecular weight excluding hydrogens is 496 g/mol. The first-order chi connectivity index (χ1) is 18.2. The molecule has 0 amide bonds. The van der Waals surface area contributed by atoms with Gasteiger partial charge < -0.3 is 15.5 Å².